The predicted molar refractivity (Wildman–Crippen MR) is 111 cm³/mol. The lowest BCUT2D eigenvalue weighted by Crippen LogP contribution is -2.24. The molecule has 0 radical (unpaired) electrons. The third-order valence-electron chi connectivity index (χ3n) is 4.37. The second-order valence-electron chi connectivity index (χ2n) is 7.47. The van der Waals surface area contributed by atoms with Gasteiger partial charge < -0.3 is 20.9 Å². The summed E-state index contributed by atoms with van der Waals surface area (Å²) in [5, 5.41) is 21.7. The van der Waals surface area contributed by atoms with Gasteiger partial charge in [0.15, 0.2) is 0 Å². The van der Waals surface area contributed by atoms with Crippen LogP contribution in [0.15, 0.2) is 34.4 Å². The second kappa shape index (κ2) is 7.17. The monoisotopic (exact) mass is 413 g/mol. The Kier molecular flexibility index (Phi) is 5.02. The number of carboxylic acids is 2. The molecule has 0 atom stereocenters. The van der Waals surface area contributed by atoms with Crippen molar-refractivity contribution in [2.45, 2.75) is 26.2 Å². The molecule has 150 valence electrons. The number of nitrogens with two attached hydrogens (primary N) is 1. The molecule has 3 rings (SSSR count). The van der Waals surface area contributed by atoms with E-state index in [1.54, 1.807) is 24.3 Å². The number of rotatable bonds is 4. The van der Waals surface area contributed by atoms with E-state index in [1.807, 2.05) is 5.38 Å². The van der Waals surface area contributed by atoms with Crippen LogP contribution in [0.25, 0.3) is 21.7 Å². The number of carbonyl (C=O) groups is 2. The lowest BCUT2D eigenvalue weighted by atomic mass is 9.93. The van der Waals surface area contributed by atoms with Gasteiger partial charge in [0.25, 0.3) is 5.56 Å². The molecule has 5 N–H and O–H groups in total. The van der Waals surface area contributed by atoms with Crippen LogP contribution < -0.4 is 11.3 Å². The van der Waals surface area contributed by atoms with Crippen molar-refractivity contribution in [3.05, 3.63) is 56.8 Å². The molecule has 0 amide bonds. The summed E-state index contributed by atoms with van der Waals surface area (Å²) in [6.07, 6.45) is 0. The van der Waals surface area contributed by atoms with E-state index in [-0.39, 0.29) is 16.5 Å². The van der Waals surface area contributed by atoms with Crippen molar-refractivity contribution in [1.29, 1.82) is 0 Å². The zero-order chi connectivity index (χ0) is 21.5. The first kappa shape index (κ1) is 20.3. The number of anilines is 1. The molecule has 0 aliphatic heterocycles. The maximum Gasteiger partial charge on any atom is 0.342 e. The molecular weight excluding hydrogens is 394 g/mol. The number of pyridine rings is 1. The highest BCUT2D eigenvalue weighted by atomic mass is 32.1. The van der Waals surface area contributed by atoms with Crippen molar-refractivity contribution >= 4 is 29.1 Å². The molecule has 0 fully saturated rings. The molecule has 0 aliphatic carbocycles. The molecular formula is C20H19N3O5S. The minimum absolute atomic E-state index is 0.0932. The molecule has 0 saturated heterocycles. The fourth-order valence-electron chi connectivity index (χ4n) is 2.87. The molecule has 29 heavy (non-hydrogen) atoms. The number of nitrogen functional groups attached to an aromatic ring is 1. The number of aromatic carboxylic acids is 2. The van der Waals surface area contributed by atoms with E-state index in [1.165, 1.54) is 11.3 Å². The Morgan fingerprint density at radius 3 is 2.07 bits per heavy atom. The molecule has 0 spiro atoms. The third kappa shape index (κ3) is 3.77. The van der Waals surface area contributed by atoms with Crippen LogP contribution >= 0.6 is 11.3 Å². The normalized spacial score (nSPS) is 11.4. The van der Waals surface area contributed by atoms with Gasteiger partial charge in [0.2, 0.25) is 0 Å². The van der Waals surface area contributed by atoms with E-state index in [9.17, 15) is 24.6 Å². The Labute approximate surface area is 169 Å². The van der Waals surface area contributed by atoms with E-state index in [0.717, 1.165) is 16.3 Å². The van der Waals surface area contributed by atoms with E-state index >= 15 is 0 Å². The maximum absolute atomic E-state index is 12.1. The molecule has 9 heteroatoms. The minimum Gasteiger partial charge on any atom is -0.478 e. The molecule has 8 nitrogen and oxygen atoms in total. The van der Waals surface area contributed by atoms with E-state index in [2.05, 4.69) is 30.7 Å². The lowest BCUT2D eigenvalue weighted by Gasteiger charge is -2.14. The van der Waals surface area contributed by atoms with Crippen LogP contribution in [-0.2, 0) is 5.41 Å². The zero-order valence-electron chi connectivity index (χ0n) is 15.9. The molecule has 0 unspecified atom stereocenters. The molecule has 0 saturated carbocycles. The van der Waals surface area contributed by atoms with Crippen LogP contribution in [0.3, 0.4) is 0 Å². The first-order valence-corrected chi connectivity index (χ1v) is 9.47. The number of aromatic amines is 1. The number of hydrogen-bond acceptors (Lipinski definition) is 6. The van der Waals surface area contributed by atoms with Crippen molar-refractivity contribution in [2.75, 3.05) is 5.73 Å². The Morgan fingerprint density at radius 2 is 1.59 bits per heavy atom. The number of thiazole rings is 1. The van der Waals surface area contributed by atoms with Crippen LogP contribution in [0.4, 0.5) is 5.82 Å². The van der Waals surface area contributed by atoms with Gasteiger partial charge in [0, 0.05) is 21.9 Å². The Bertz CT molecular complexity index is 1170. The summed E-state index contributed by atoms with van der Waals surface area (Å²) in [7, 11) is 0. The smallest absolute Gasteiger partial charge is 0.342 e. The van der Waals surface area contributed by atoms with Crippen LogP contribution in [-0.4, -0.2) is 32.1 Å². The predicted octanol–water partition coefficient (Wildman–Crippen LogP) is 3.44. The van der Waals surface area contributed by atoms with Crippen molar-refractivity contribution < 1.29 is 19.8 Å². The average Bonchev–Trinajstić information content (AvgIpc) is 3.11. The fourth-order valence-corrected chi connectivity index (χ4v) is 3.92. The summed E-state index contributed by atoms with van der Waals surface area (Å²) in [5.41, 5.74) is 5.24. The van der Waals surface area contributed by atoms with Crippen LogP contribution in [0.5, 0.6) is 0 Å². The highest BCUT2D eigenvalue weighted by Crippen LogP contribution is 2.33. The molecule has 2 heterocycles. The van der Waals surface area contributed by atoms with Crippen molar-refractivity contribution in [2.24, 2.45) is 0 Å². The number of benzene rings is 1. The van der Waals surface area contributed by atoms with Crippen LogP contribution in [0.1, 0.15) is 47.2 Å². The number of nitrogens with one attached hydrogen (secondary N) is 1. The maximum atomic E-state index is 12.1. The largest absolute Gasteiger partial charge is 0.478 e. The van der Waals surface area contributed by atoms with Gasteiger partial charge in [-0.25, -0.2) is 14.6 Å². The molecule has 2 aromatic heterocycles. The number of nitrogens with zero attached hydrogens (tertiary/aromatic N) is 1. The summed E-state index contributed by atoms with van der Waals surface area (Å²) in [6, 6.07) is 6.52. The topological polar surface area (TPSA) is 146 Å². The Morgan fingerprint density at radius 1 is 1.03 bits per heavy atom. The van der Waals surface area contributed by atoms with Gasteiger partial charge in [-0.2, -0.15) is 0 Å². The van der Waals surface area contributed by atoms with Gasteiger partial charge in [0.05, 0.1) is 5.69 Å². The summed E-state index contributed by atoms with van der Waals surface area (Å²) in [6.45, 7) is 6.19. The zero-order valence-corrected chi connectivity index (χ0v) is 16.8. The van der Waals surface area contributed by atoms with Gasteiger partial charge in [-0.05, 0) is 5.56 Å². The summed E-state index contributed by atoms with van der Waals surface area (Å²) < 4.78 is 0. The lowest BCUT2D eigenvalue weighted by molar-refractivity contribution is 0.0695. The molecule has 0 bridgehead atoms. The molecule has 3 aromatic rings. The molecule has 1 aromatic carbocycles. The van der Waals surface area contributed by atoms with Gasteiger partial charge in [0.1, 0.15) is 22.0 Å². The van der Waals surface area contributed by atoms with Crippen LogP contribution in [0, 0.1) is 0 Å². The Hall–Kier alpha value is -3.46. The first-order chi connectivity index (χ1) is 13.5. The van der Waals surface area contributed by atoms with Gasteiger partial charge >= 0.3 is 11.9 Å². The molecule has 0 aliphatic rings. The summed E-state index contributed by atoms with van der Waals surface area (Å²) in [4.78, 5) is 42.1. The quantitative estimate of drug-likeness (QED) is 0.512. The van der Waals surface area contributed by atoms with E-state index < -0.39 is 34.4 Å². The Balaban J connectivity index is 2.16. The van der Waals surface area contributed by atoms with Gasteiger partial charge in [-0.3, -0.25) is 4.79 Å². The highest BCUT2D eigenvalue weighted by molar-refractivity contribution is 7.13. The van der Waals surface area contributed by atoms with E-state index in [4.69, 9.17) is 5.73 Å². The number of hydrogen-bond donors (Lipinski definition) is 4. The number of aromatic nitrogens is 2. The van der Waals surface area contributed by atoms with Crippen LogP contribution in [0.2, 0.25) is 0 Å². The number of H-pyrrole nitrogens is 1. The van der Waals surface area contributed by atoms with Crippen molar-refractivity contribution in [3.63, 3.8) is 0 Å². The second-order valence-corrected chi connectivity index (χ2v) is 8.33. The minimum atomic E-state index is -1.54. The van der Waals surface area contributed by atoms with Crippen molar-refractivity contribution in [1.82, 2.24) is 9.97 Å². The van der Waals surface area contributed by atoms with Crippen molar-refractivity contribution in [3.8, 4) is 21.7 Å². The summed E-state index contributed by atoms with van der Waals surface area (Å²) in [5.74, 6) is -3.38. The fraction of sp³-hybridized carbons (Fsp3) is 0.200. The number of carboxylic acid groups (broad SMARTS) is 2. The average molecular weight is 413 g/mol. The summed E-state index contributed by atoms with van der Waals surface area (Å²) >= 11 is 1.48. The standard InChI is InChI=1S/C20H19N3O5S/c1-20(2,3)11-8-29-17(22-11)10-6-4-9(5-7-10)12-13(18(25)26)15(21)23-16(24)14(12)19(27)28/h4-8H,1-3H3,(H,25,26)(H,27,28)(H3,21,23,24). The first-order valence-electron chi connectivity index (χ1n) is 8.60. The highest BCUT2D eigenvalue weighted by Gasteiger charge is 2.26. The van der Waals surface area contributed by atoms with Gasteiger partial charge in [-0.1, -0.05) is 45.0 Å². The van der Waals surface area contributed by atoms with E-state index in [0.29, 0.717) is 0 Å². The SMILES string of the molecule is CC(C)(C)c1csc(-c2ccc(-c3c(C(=O)O)c(N)[nH]c(=O)c3C(=O)O)cc2)n1. The third-order valence-corrected chi connectivity index (χ3v) is 5.26. The van der Waals surface area contributed by atoms with Gasteiger partial charge in [-0.15, -0.1) is 11.3 Å².